The molecular weight excluding hydrogens is 650 g/mol. The minimum absolute atomic E-state index is 0.00320. The van der Waals surface area contributed by atoms with Crippen LogP contribution in [0.1, 0.15) is 76.3 Å². The van der Waals surface area contributed by atoms with Crippen LogP contribution in [0.3, 0.4) is 0 Å². The third-order valence-corrected chi connectivity index (χ3v) is 12.5. The van der Waals surface area contributed by atoms with Gasteiger partial charge in [-0.15, -0.1) is 11.3 Å². The fourth-order valence-corrected chi connectivity index (χ4v) is 10.1. The highest BCUT2D eigenvalue weighted by Gasteiger charge is 2.52. The number of nitrogens with two attached hydrogens (primary N) is 1. The summed E-state index contributed by atoms with van der Waals surface area (Å²) in [5.74, 6) is 0.769. The molecule has 13 nitrogen and oxygen atoms in total. The molecule has 3 aromatic heterocycles. The number of nitrogen functional groups attached to an aromatic ring is 1. The fraction of sp³-hybridized carbons (Fsp3) is 0.576. The number of rotatable bonds is 6. The zero-order valence-electron chi connectivity index (χ0n) is 27.3. The Morgan fingerprint density at radius 3 is 2.42 bits per heavy atom. The largest absolute Gasteiger partial charge is 0.461 e. The molecule has 0 unspecified atom stereocenters. The van der Waals surface area contributed by atoms with Gasteiger partial charge in [0.05, 0.1) is 28.4 Å². The maximum Gasteiger partial charge on any atom is 0.320 e. The molecule has 8 rings (SSSR count). The molecule has 1 amide bonds. The molecule has 250 valence electrons. The molecule has 3 aromatic rings. The molecule has 3 saturated heterocycles. The second kappa shape index (κ2) is 11.5. The number of thiophene rings is 1. The molecule has 0 bridgehead atoms. The molecule has 1 aliphatic carbocycles. The van der Waals surface area contributed by atoms with Crippen LogP contribution < -0.4 is 20.3 Å². The zero-order chi connectivity index (χ0) is 33.4. The van der Waals surface area contributed by atoms with Crippen LogP contribution in [0.4, 0.5) is 16.6 Å². The Bertz CT molecular complexity index is 1890. The van der Waals surface area contributed by atoms with Crippen molar-refractivity contribution in [2.45, 2.75) is 69.0 Å². The Hall–Kier alpha value is -4.11. The lowest BCUT2D eigenvalue weighted by Gasteiger charge is -2.49. The second-order valence-electron chi connectivity index (χ2n) is 14.0. The summed E-state index contributed by atoms with van der Waals surface area (Å²) in [7, 11) is 3.35. The molecular formula is C33H38ClN11O2S. The Labute approximate surface area is 288 Å². The lowest BCUT2D eigenvalue weighted by atomic mass is 9.74. The van der Waals surface area contributed by atoms with E-state index in [0.717, 1.165) is 57.2 Å². The maximum absolute atomic E-state index is 12.8. The number of amides is 1. The van der Waals surface area contributed by atoms with Crippen molar-refractivity contribution >= 4 is 45.5 Å². The highest BCUT2D eigenvalue weighted by molar-refractivity contribution is 7.16. The van der Waals surface area contributed by atoms with Gasteiger partial charge in [-0.1, -0.05) is 11.6 Å². The Kier molecular flexibility index (Phi) is 7.47. The summed E-state index contributed by atoms with van der Waals surface area (Å²) >= 11 is 8.33. The Morgan fingerprint density at radius 1 is 1.02 bits per heavy atom. The smallest absolute Gasteiger partial charge is 0.320 e. The van der Waals surface area contributed by atoms with Gasteiger partial charge in [0, 0.05) is 50.6 Å². The molecule has 48 heavy (non-hydrogen) atoms. The number of carbonyl (C=O) groups is 1. The molecule has 15 heteroatoms. The summed E-state index contributed by atoms with van der Waals surface area (Å²) in [5, 5.41) is 26.1. The van der Waals surface area contributed by atoms with Gasteiger partial charge in [0.25, 0.3) is 5.91 Å². The van der Waals surface area contributed by atoms with Crippen LogP contribution in [0, 0.1) is 22.7 Å². The van der Waals surface area contributed by atoms with Crippen molar-refractivity contribution in [1.29, 1.82) is 10.5 Å². The van der Waals surface area contributed by atoms with Gasteiger partial charge in [0.15, 0.2) is 17.3 Å². The average Bonchev–Trinajstić information content (AvgIpc) is 3.83. The van der Waals surface area contributed by atoms with Crippen LogP contribution in [-0.2, 0) is 24.9 Å². The predicted molar refractivity (Wildman–Crippen MR) is 182 cm³/mol. The van der Waals surface area contributed by atoms with Crippen molar-refractivity contribution in [3.63, 3.8) is 0 Å². The number of nitrogens with zero attached hydrogens (tertiary/aromatic N) is 10. The maximum atomic E-state index is 12.8. The first-order chi connectivity index (χ1) is 23.2. The number of hydrogen-bond donors (Lipinski definition) is 1. The second-order valence-corrected chi connectivity index (χ2v) is 15.6. The molecule has 0 radical (unpaired) electrons. The summed E-state index contributed by atoms with van der Waals surface area (Å²) in [4.78, 5) is 32.1. The van der Waals surface area contributed by atoms with E-state index in [-0.39, 0.29) is 28.6 Å². The number of carbonyl (C=O) groups excluding carboxylic acids is 1. The summed E-state index contributed by atoms with van der Waals surface area (Å²) in [5.41, 5.74) is 9.02. The number of fused-ring (bicyclic) bond motifs is 4. The summed E-state index contributed by atoms with van der Waals surface area (Å²) in [6.07, 6.45) is 7.04. The fourth-order valence-electron chi connectivity index (χ4n) is 8.68. The van der Waals surface area contributed by atoms with Crippen LogP contribution >= 0.6 is 22.9 Å². The zero-order valence-corrected chi connectivity index (χ0v) is 28.8. The SMILES string of the molecule is CN(C)C(=O)c1nn2c(c1Cl)CN(c1nc(OCC34CCCN3CCC4)nc(N3CC4(CCc5sc(N)c(C#N)c54)C3)c1C#N)CCC2. The monoisotopic (exact) mass is 687 g/mol. The van der Waals surface area contributed by atoms with Crippen molar-refractivity contribution in [3.05, 3.63) is 38.0 Å². The predicted octanol–water partition coefficient (Wildman–Crippen LogP) is 3.54. The highest BCUT2D eigenvalue weighted by atomic mass is 35.5. The molecule has 5 aliphatic rings. The summed E-state index contributed by atoms with van der Waals surface area (Å²) in [6, 6.07) is 5.04. The molecule has 0 aromatic carbocycles. The van der Waals surface area contributed by atoms with Gasteiger partial charge in [0.2, 0.25) is 0 Å². The first-order valence-corrected chi connectivity index (χ1v) is 17.8. The van der Waals surface area contributed by atoms with Crippen molar-refractivity contribution in [2.24, 2.45) is 0 Å². The van der Waals surface area contributed by atoms with E-state index in [9.17, 15) is 15.3 Å². The first kappa shape index (κ1) is 31.2. The van der Waals surface area contributed by atoms with Crippen molar-refractivity contribution in [3.8, 4) is 18.1 Å². The molecule has 2 N–H and O–H groups in total. The van der Waals surface area contributed by atoms with E-state index in [1.54, 1.807) is 18.8 Å². The van der Waals surface area contributed by atoms with E-state index < -0.39 is 0 Å². The van der Waals surface area contributed by atoms with E-state index in [4.69, 9.17) is 32.0 Å². The number of anilines is 3. The third kappa shape index (κ3) is 4.71. The summed E-state index contributed by atoms with van der Waals surface area (Å²) in [6.45, 7) is 5.43. The van der Waals surface area contributed by atoms with Gasteiger partial charge >= 0.3 is 6.01 Å². The van der Waals surface area contributed by atoms with E-state index >= 15 is 0 Å². The summed E-state index contributed by atoms with van der Waals surface area (Å²) < 4.78 is 8.31. The molecule has 7 heterocycles. The molecule has 4 aliphatic heterocycles. The third-order valence-electron chi connectivity index (χ3n) is 11.1. The van der Waals surface area contributed by atoms with Crippen LogP contribution in [0.2, 0.25) is 5.02 Å². The topological polar surface area (TPSA) is 156 Å². The quantitative estimate of drug-likeness (QED) is 0.404. The van der Waals surface area contributed by atoms with Gasteiger partial charge in [-0.05, 0) is 63.6 Å². The lowest BCUT2D eigenvalue weighted by Crippen LogP contribution is -2.59. The average molecular weight is 688 g/mol. The van der Waals surface area contributed by atoms with Crippen LogP contribution in [-0.4, -0.2) is 94.4 Å². The van der Waals surface area contributed by atoms with Gasteiger partial charge < -0.3 is 25.2 Å². The van der Waals surface area contributed by atoms with Gasteiger partial charge in [-0.2, -0.15) is 25.6 Å². The normalized spacial score (nSPS) is 20.4. The van der Waals surface area contributed by atoms with Crippen LogP contribution in [0.25, 0.3) is 0 Å². The Balaban J connectivity index is 1.16. The van der Waals surface area contributed by atoms with E-state index in [1.807, 2.05) is 4.90 Å². The number of nitriles is 2. The number of halogens is 1. The van der Waals surface area contributed by atoms with Crippen molar-refractivity contribution in [2.75, 3.05) is 69.0 Å². The van der Waals surface area contributed by atoms with Crippen molar-refractivity contribution in [1.82, 2.24) is 29.5 Å². The van der Waals surface area contributed by atoms with E-state index in [0.29, 0.717) is 84.2 Å². The molecule has 0 atom stereocenters. The lowest BCUT2D eigenvalue weighted by molar-refractivity contribution is 0.0821. The number of hydrogen-bond acceptors (Lipinski definition) is 12. The number of ether oxygens (including phenoxy) is 1. The molecule has 0 saturated carbocycles. The van der Waals surface area contributed by atoms with Crippen LogP contribution in [0.5, 0.6) is 6.01 Å². The number of aryl methyl sites for hydroxylation is 2. The van der Waals surface area contributed by atoms with E-state index in [1.165, 1.54) is 21.1 Å². The minimum Gasteiger partial charge on any atom is -0.461 e. The van der Waals surface area contributed by atoms with Crippen LogP contribution in [0.15, 0.2) is 0 Å². The van der Waals surface area contributed by atoms with E-state index in [2.05, 4.69) is 27.0 Å². The van der Waals surface area contributed by atoms with Gasteiger partial charge in [-0.25, -0.2) is 0 Å². The Morgan fingerprint density at radius 2 is 1.73 bits per heavy atom. The number of aromatic nitrogens is 4. The molecule has 3 fully saturated rings. The molecule has 1 spiro atoms. The standard InChI is InChI=1S/C33H38ClN11O2S/c1-41(2)30(46)26-25(34)22-16-42(10-5-13-45(22)40-26)28-21(15-36)29(39-31(38-28)47-19-33-7-3-11-44(33)12-4-8-33)43-17-32(18-43)9-6-23-24(32)20(14-35)27(37)48-23/h3-13,16-19,37H2,1-2H3. The minimum atomic E-state index is -0.259. The highest BCUT2D eigenvalue weighted by Crippen LogP contribution is 2.53. The van der Waals surface area contributed by atoms with Crippen molar-refractivity contribution < 1.29 is 9.53 Å². The van der Waals surface area contributed by atoms with Gasteiger partial charge in [-0.3, -0.25) is 14.4 Å². The van der Waals surface area contributed by atoms with Gasteiger partial charge in [0.1, 0.15) is 29.3 Å². The first-order valence-electron chi connectivity index (χ1n) is 16.7.